The molecule has 32 heavy (non-hydrogen) atoms. The molecular formula is C23H11Br3ClNO4. The summed E-state index contributed by atoms with van der Waals surface area (Å²) in [6.07, 6.45) is 1.50. The Hall–Kier alpha value is -2.26. The molecule has 3 aromatic carbocycles. The molecule has 0 N–H and O–H groups in total. The van der Waals surface area contributed by atoms with E-state index in [4.69, 9.17) is 21.1 Å². The Labute approximate surface area is 213 Å². The van der Waals surface area contributed by atoms with Crippen LogP contribution in [0.5, 0.6) is 5.75 Å². The Bertz CT molecular complexity index is 1290. The molecule has 0 atom stereocenters. The van der Waals surface area contributed by atoms with Crippen LogP contribution in [-0.4, -0.2) is 17.8 Å². The van der Waals surface area contributed by atoms with Crippen molar-refractivity contribution in [3.05, 3.63) is 101 Å². The summed E-state index contributed by atoms with van der Waals surface area (Å²) in [7, 11) is 0. The van der Waals surface area contributed by atoms with Crippen molar-refractivity contribution in [1.82, 2.24) is 0 Å². The second-order valence-corrected chi connectivity index (χ2v) is 9.67. The van der Waals surface area contributed by atoms with Gasteiger partial charge in [-0.15, -0.1) is 0 Å². The van der Waals surface area contributed by atoms with Crippen molar-refractivity contribution in [2.24, 2.45) is 4.99 Å². The summed E-state index contributed by atoms with van der Waals surface area (Å²) < 4.78 is 13.0. The highest BCUT2D eigenvalue weighted by atomic mass is 79.9. The first-order valence-corrected chi connectivity index (χ1v) is 11.8. The molecule has 1 aliphatic heterocycles. The number of benzene rings is 3. The number of halogens is 4. The zero-order valence-electron chi connectivity index (χ0n) is 15.9. The molecule has 1 heterocycles. The lowest BCUT2D eigenvalue weighted by molar-refractivity contribution is -0.129. The predicted molar refractivity (Wildman–Crippen MR) is 133 cm³/mol. The molecule has 0 aromatic heterocycles. The normalized spacial score (nSPS) is 14.3. The first-order chi connectivity index (χ1) is 15.3. The number of hydrogen-bond donors (Lipinski definition) is 0. The van der Waals surface area contributed by atoms with Crippen LogP contribution in [0.4, 0.5) is 0 Å². The molecule has 0 radical (unpaired) electrons. The minimum Gasteiger partial charge on any atom is -0.421 e. The van der Waals surface area contributed by atoms with Gasteiger partial charge in [0.05, 0.1) is 10.0 Å². The molecule has 0 fully saturated rings. The molecule has 3 aromatic rings. The van der Waals surface area contributed by atoms with Gasteiger partial charge in [-0.25, -0.2) is 14.6 Å². The summed E-state index contributed by atoms with van der Waals surface area (Å²) in [5.41, 5.74) is 1.53. The highest BCUT2D eigenvalue weighted by Crippen LogP contribution is 2.36. The number of rotatable bonds is 4. The van der Waals surface area contributed by atoms with Gasteiger partial charge in [-0.1, -0.05) is 43.5 Å². The molecule has 5 nitrogen and oxygen atoms in total. The second kappa shape index (κ2) is 9.70. The van der Waals surface area contributed by atoms with Gasteiger partial charge in [0, 0.05) is 25.1 Å². The number of aliphatic imine (C=N–C) groups is 1. The van der Waals surface area contributed by atoms with Crippen LogP contribution < -0.4 is 4.74 Å². The van der Waals surface area contributed by atoms with Crippen LogP contribution in [0.3, 0.4) is 0 Å². The quantitative estimate of drug-likeness (QED) is 0.172. The molecule has 0 aliphatic carbocycles. The minimum absolute atomic E-state index is 0.0703. The molecule has 1 aliphatic rings. The van der Waals surface area contributed by atoms with E-state index in [0.29, 0.717) is 30.7 Å². The maximum absolute atomic E-state index is 12.7. The lowest BCUT2D eigenvalue weighted by Gasteiger charge is -2.11. The van der Waals surface area contributed by atoms with Crippen molar-refractivity contribution < 1.29 is 19.1 Å². The number of carbonyl (C=O) groups is 2. The molecule has 9 heteroatoms. The Morgan fingerprint density at radius 1 is 0.969 bits per heavy atom. The molecule has 160 valence electrons. The molecule has 0 saturated heterocycles. The van der Waals surface area contributed by atoms with E-state index < -0.39 is 11.9 Å². The lowest BCUT2D eigenvalue weighted by Crippen LogP contribution is -2.10. The topological polar surface area (TPSA) is 65.0 Å². The highest BCUT2D eigenvalue weighted by molar-refractivity contribution is 9.11. The van der Waals surface area contributed by atoms with Crippen molar-refractivity contribution in [3.8, 4) is 5.75 Å². The van der Waals surface area contributed by atoms with Crippen LogP contribution in [-0.2, 0) is 9.53 Å². The average molecular weight is 641 g/mol. The van der Waals surface area contributed by atoms with Gasteiger partial charge in [0.2, 0.25) is 5.90 Å². The predicted octanol–water partition coefficient (Wildman–Crippen LogP) is 7.19. The van der Waals surface area contributed by atoms with E-state index in [1.54, 1.807) is 60.7 Å². The van der Waals surface area contributed by atoms with Crippen LogP contribution in [0.25, 0.3) is 6.08 Å². The van der Waals surface area contributed by atoms with Crippen LogP contribution >= 0.6 is 59.4 Å². The number of hydrogen-bond acceptors (Lipinski definition) is 5. The third-order valence-electron chi connectivity index (χ3n) is 4.32. The van der Waals surface area contributed by atoms with Crippen molar-refractivity contribution in [3.63, 3.8) is 0 Å². The van der Waals surface area contributed by atoms with Gasteiger partial charge < -0.3 is 9.47 Å². The molecular weight excluding hydrogens is 629 g/mol. The molecule has 0 bridgehead atoms. The highest BCUT2D eigenvalue weighted by Gasteiger charge is 2.25. The van der Waals surface area contributed by atoms with Crippen LogP contribution in [0.1, 0.15) is 21.5 Å². The average Bonchev–Trinajstić information content (AvgIpc) is 3.11. The van der Waals surface area contributed by atoms with Crippen molar-refractivity contribution in [2.75, 3.05) is 0 Å². The van der Waals surface area contributed by atoms with Crippen LogP contribution in [0.2, 0.25) is 5.02 Å². The number of cyclic esters (lactones) is 1. The number of carbonyl (C=O) groups excluding carboxylic acids is 2. The van der Waals surface area contributed by atoms with E-state index in [1.807, 2.05) is 0 Å². The number of ether oxygens (including phenoxy) is 2. The Kier molecular flexibility index (Phi) is 6.95. The van der Waals surface area contributed by atoms with Gasteiger partial charge in [0.1, 0.15) is 0 Å². The van der Waals surface area contributed by atoms with E-state index in [0.717, 1.165) is 4.47 Å². The summed E-state index contributed by atoms with van der Waals surface area (Å²) in [5.74, 6) is -0.743. The Morgan fingerprint density at radius 2 is 1.66 bits per heavy atom. The van der Waals surface area contributed by atoms with Gasteiger partial charge >= 0.3 is 11.9 Å². The van der Waals surface area contributed by atoms with E-state index in [1.165, 1.54) is 6.08 Å². The first-order valence-electron chi connectivity index (χ1n) is 9.05. The largest absolute Gasteiger partial charge is 0.421 e. The van der Waals surface area contributed by atoms with Crippen LogP contribution in [0, 0.1) is 0 Å². The van der Waals surface area contributed by atoms with E-state index in [2.05, 4.69) is 52.8 Å². The molecule has 0 amide bonds. The Morgan fingerprint density at radius 3 is 2.34 bits per heavy atom. The standard InChI is InChI=1S/C23H11Br3ClNO4/c24-15-5-1-13(2-6-15)22(29)31-20-14(9-16(25)11-18(20)26)10-19-23(30)32-21(28-19)12-3-7-17(27)8-4-12/h1-11H/b19-10-. The third-order valence-corrected chi connectivity index (χ3v) is 6.14. The number of nitrogens with zero attached hydrogens (tertiary/aromatic N) is 1. The molecule has 0 unspecified atom stereocenters. The molecule has 0 saturated carbocycles. The SMILES string of the molecule is O=C1OC(c2ccc(Cl)cc2)=N/C1=C\c1cc(Br)cc(Br)c1OC(=O)c1ccc(Br)cc1. The fourth-order valence-electron chi connectivity index (χ4n) is 2.81. The lowest BCUT2D eigenvalue weighted by atomic mass is 10.1. The minimum atomic E-state index is -0.615. The maximum atomic E-state index is 12.7. The van der Waals surface area contributed by atoms with Crippen molar-refractivity contribution >= 4 is 83.3 Å². The summed E-state index contributed by atoms with van der Waals surface area (Å²) >= 11 is 16.1. The first kappa shape index (κ1) is 22.9. The van der Waals surface area contributed by atoms with Gasteiger partial charge in [-0.2, -0.15) is 0 Å². The fraction of sp³-hybridized carbons (Fsp3) is 0. The second-order valence-electron chi connectivity index (χ2n) is 6.55. The van der Waals surface area contributed by atoms with E-state index in [-0.39, 0.29) is 17.3 Å². The number of esters is 2. The van der Waals surface area contributed by atoms with Crippen molar-refractivity contribution in [1.29, 1.82) is 0 Å². The van der Waals surface area contributed by atoms with Gasteiger partial charge in [-0.05, 0) is 82.7 Å². The summed E-state index contributed by atoms with van der Waals surface area (Å²) in [5, 5.41) is 0.561. The van der Waals surface area contributed by atoms with E-state index >= 15 is 0 Å². The third kappa shape index (κ3) is 5.20. The monoisotopic (exact) mass is 637 g/mol. The van der Waals surface area contributed by atoms with Crippen molar-refractivity contribution in [2.45, 2.75) is 0 Å². The van der Waals surface area contributed by atoms with Gasteiger partial charge in [0.25, 0.3) is 0 Å². The zero-order valence-corrected chi connectivity index (χ0v) is 21.5. The van der Waals surface area contributed by atoms with Crippen LogP contribution in [0.15, 0.2) is 84.8 Å². The van der Waals surface area contributed by atoms with Gasteiger partial charge in [-0.3, -0.25) is 0 Å². The summed E-state index contributed by atoms with van der Waals surface area (Å²) in [4.78, 5) is 29.4. The zero-order chi connectivity index (χ0) is 22.8. The van der Waals surface area contributed by atoms with Gasteiger partial charge in [0.15, 0.2) is 11.4 Å². The van der Waals surface area contributed by atoms with E-state index in [9.17, 15) is 9.59 Å². The smallest absolute Gasteiger partial charge is 0.363 e. The Balaban J connectivity index is 1.69. The molecule has 0 spiro atoms. The summed E-state index contributed by atoms with van der Waals surface area (Å²) in [6.45, 7) is 0. The fourth-order valence-corrected chi connectivity index (χ4v) is 4.53. The maximum Gasteiger partial charge on any atom is 0.363 e. The molecule has 4 rings (SSSR count). The summed E-state index contributed by atoms with van der Waals surface area (Å²) in [6, 6.07) is 17.0.